The molecule has 1 aliphatic rings. The number of rotatable bonds is 11. The molecule has 13 nitrogen and oxygen atoms in total. The number of fused-ring (bicyclic) bond motifs is 1. The van der Waals surface area contributed by atoms with Gasteiger partial charge in [-0.2, -0.15) is 0 Å². The van der Waals surface area contributed by atoms with Crippen LogP contribution in [0.4, 0.5) is 5.82 Å². The van der Waals surface area contributed by atoms with Gasteiger partial charge in [0.1, 0.15) is 29.8 Å². The third-order valence-electron chi connectivity index (χ3n) is 6.23. The SMILES string of the molecule is C[C@H](Cn1cnc2c(N)ncnc21)OC[P@@](=O)(NC(=O)c1ccc(Cl)cc1)NC(C)(C)C(=O)OC1CCOCC1. The normalized spacial score (nSPS) is 16.8. The van der Waals surface area contributed by atoms with Crippen LogP contribution in [0.25, 0.3) is 11.2 Å². The number of anilines is 1. The van der Waals surface area contributed by atoms with Gasteiger partial charge in [-0.1, -0.05) is 11.6 Å². The first-order valence-electron chi connectivity index (χ1n) is 12.7. The molecular weight excluding hydrogens is 561 g/mol. The largest absolute Gasteiger partial charge is 0.461 e. The molecule has 4 N–H and O–H groups in total. The number of benzene rings is 1. The monoisotopic (exact) mass is 593 g/mol. The van der Waals surface area contributed by atoms with Crippen molar-refractivity contribution in [3.05, 3.63) is 47.5 Å². The number of carbonyl (C=O) groups excluding carboxylic acids is 2. The lowest BCUT2D eigenvalue weighted by Gasteiger charge is -2.33. The van der Waals surface area contributed by atoms with Crippen LogP contribution in [0.2, 0.25) is 5.02 Å². The molecule has 0 spiro atoms. The molecule has 3 aromatic rings. The van der Waals surface area contributed by atoms with Gasteiger partial charge >= 0.3 is 5.97 Å². The summed E-state index contributed by atoms with van der Waals surface area (Å²) in [5.74, 6) is -0.966. The van der Waals surface area contributed by atoms with E-state index in [9.17, 15) is 14.2 Å². The highest BCUT2D eigenvalue weighted by molar-refractivity contribution is 7.60. The van der Waals surface area contributed by atoms with Crippen LogP contribution in [0, 0.1) is 0 Å². The smallest absolute Gasteiger partial charge is 0.326 e. The van der Waals surface area contributed by atoms with Gasteiger partial charge in [-0.3, -0.25) is 19.2 Å². The van der Waals surface area contributed by atoms with Gasteiger partial charge in [-0.15, -0.1) is 0 Å². The van der Waals surface area contributed by atoms with Crippen LogP contribution in [-0.4, -0.2) is 68.7 Å². The third-order valence-corrected chi connectivity index (χ3v) is 8.47. The van der Waals surface area contributed by atoms with Crippen LogP contribution < -0.4 is 15.9 Å². The first kappa shape index (κ1) is 29.9. The van der Waals surface area contributed by atoms with Crippen LogP contribution in [0.15, 0.2) is 36.9 Å². The maximum Gasteiger partial charge on any atom is 0.326 e. The van der Waals surface area contributed by atoms with Gasteiger partial charge in [-0.05, 0) is 45.0 Å². The van der Waals surface area contributed by atoms with Gasteiger partial charge in [-0.25, -0.2) is 20.0 Å². The van der Waals surface area contributed by atoms with Gasteiger partial charge in [0.2, 0.25) is 0 Å². The summed E-state index contributed by atoms with van der Waals surface area (Å²) >= 11 is 5.94. The molecule has 4 rings (SSSR count). The predicted molar refractivity (Wildman–Crippen MR) is 149 cm³/mol. The van der Waals surface area contributed by atoms with Gasteiger partial charge in [0.15, 0.2) is 11.5 Å². The lowest BCUT2D eigenvalue weighted by atomic mass is 10.1. The van der Waals surface area contributed by atoms with E-state index in [4.69, 9.17) is 31.5 Å². The number of ether oxygens (including phenoxy) is 3. The summed E-state index contributed by atoms with van der Waals surface area (Å²) in [7, 11) is -3.88. The Labute approximate surface area is 236 Å². The van der Waals surface area contributed by atoms with Gasteiger partial charge in [0.05, 0.1) is 32.2 Å². The van der Waals surface area contributed by atoms with Crippen LogP contribution in [-0.2, 0) is 30.1 Å². The summed E-state index contributed by atoms with van der Waals surface area (Å²) in [6.07, 6.45) is 2.85. The Hall–Kier alpha value is -3.09. The molecule has 1 saturated heterocycles. The first-order chi connectivity index (χ1) is 19.0. The van der Waals surface area contributed by atoms with E-state index < -0.39 is 37.3 Å². The second kappa shape index (κ2) is 12.6. The molecule has 2 aromatic heterocycles. The lowest BCUT2D eigenvalue weighted by Crippen LogP contribution is -2.50. The molecule has 0 radical (unpaired) electrons. The topological polar surface area (TPSA) is 173 Å². The number of imidazole rings is 1. The number of nitrogens with one attached hydrogen (secondary N) is 2. The molecular formula is C25H33ClN7O6P. The maximum atomic E-state index is 14.2. The number of halogens is 1. The number of hydrogen-bond acceptors (Lipinski definition) is 10. The second-order valence-electron chi connectivity index (χ2n) is 10.1. The lowest BCUT2D eigenvalue weighted by molar-refractivity contribution is -0.159. The molecule has 15 heteroatoms. The van der Waals surface area contributed by atoms with Gasteiger partial charge in [0, 0.05) is 23.4 Å². The number of nitrogen functional groups attached to an aromatic ring is 1. The number of esters is 1. The van der Waals surface area contributed by atoms with Crippen LogP contribution in [0.5, 0.6) is 0 Å². The minimum absolute atomic E-state index is 0.240. The van der Waals surface area contributed by atoms with E-state index in [-0.39, 0.29) is 17.5 Å². The van der Waals surface area contributed by atoms with Crippen molar-refractivity contribution in [1.82, 2.24) is 29.7 Å². The van der Waals surface area contributed by atoms with E-state index in [1.807, 2.05) is 0 Å². The van der Waals surface area contributed by atoms with Crippen molar-refractivity contribution in [2.24, 2.45) is 0 Å². The van der Waals surface area contributed by atoms with Crippen molar-refractivity contribution in [3.63, 3.8) is 0 Å². The molecule has 0 aliphatic carbocycles. The van der Waals surface area contributed by atoms with Gasteiger partial charge in [0.25, 0.3) is 13.4 Å². The quantitative estimate of drug-likeness (QED) is 0.220. The number of carbonyl (C=O) groups is 2. The number of aromatic nitrogens is 4. The minimum atomic E-state index is -3.88. The summed E-state index contributed by atoms with van der Waals surface area (Å²) < 4.78 is 32.8. The van der Waals surface area contributed by atoms with Crippen LogP contribution in [0.3, 0.4) is 0 Å². The van der Waals surface area contributed by atoms with Crippen molar-refractivity contribution < 1.29 is 28.4 Å². The Balaban J connectivity index is 1.48. The molecule has 1 aromatic carbocycles. The fourth-order valence-corrected chi connectivity index (χ4v) is 6.33. The zero-order valence-electron chi connectivity index (χ0n) is 22.5. The standard InChI is InChI=1S/C25H33ClN7O6P/c1-16(12-33-14-30-20-21(27)28-13-29-22(20)33)38-15-40(36,31-23(34)17-4-6-18(26)7-5-17)32-25(2,3)24(35)39-19-8-10-37-11-9-19/h4-7,13-14,16,19H,8-12,15H2,1-3H3,(H2,27,28,29)(H2,31,32,34,36)/t16-,40-/m1/s1. The van der Waals surface area contributed by atoms with E-state index in [1.165, 1.54) is 18.5 Å². The Bertz CT molecular complexity index is 1390. The highest BCUT2D eigenvalue weighted by Crippen LogP contribution is 2.40. The van der Waals surface area contributed by atoms with Crippen LogP contribution >= 0.6 is 19.0 Å². The fraction of sp³-hybridized carbons (Fsp3) is 0.480. The molecule has 3 heterocycles. The Kier molecular flexibility index (Phi) is 9.42. The summed E-state index contributed by atoms with van der Waals surface area (Å²) in [6, 6.07) is 6.12. The molecule has 2 atom stereocenters. The summed E-state index contributed by atoms with van der Waals surface area (Å²) in [6.45, 7) is 6.15. The van der Waals surface area contributed by atoms with E-state index >= 15 is 0 Å². The van der Waals surface area contributed by atoms with Crippen molar-refractivity contribution in [1.29, 1.82) is 0 Å². The highest BCUT2D eigenvalue weighted by atomic mass is 35.5. The third kappa shape index (κ3) is 7.55. The first-order valence-corrected chi connectivity index (χ1v) is 15.0. The zero-order valence-corrected chi connectivity index (χ0v) is 24.2. The second-order valence-corrected chi connectivity index (χ2v) is 12.7. The molecule has 1 amide bonds. The van der Waals surface area contributed by atoms with E-state index in [2.05, 4.69) is 25.1 Å². The summed E-state index contributed by atoms with van der Waals surface area (Å²) in [5, 5.41) is 5.83. The number of nitrogens with two attached hydrogens (primary N) is 1. The summed E-state index contributed by atoms with van der Waals surface area (Å²) in [4.78, 5) is 38.5. The van der Waals surface area contributed by atoms with Crippen LogP contribution in [0.1, 0.15) is 44.0 Å². The number of hydrogen-bond donors (Lipinski definition) is 3. The Morgan fingerprint density at radius 1 is 1.23 bits per heavy atom. The molecule has 40 heavy (non-hydrogen) atoms. The molecule has 0 saturated carbocycles. The molecule has 1 fully saturated rings. The van der Waals surface area contributed by atoms with E-state index in [0.29, 0.717) is 48.8 Å². The average Bonchev–Trinajstić information content (AvgIpc) is 3.32. The van der Waals surface area contributed by atoms with E-state index in [1.54, 1.807) is 43.8 Å². The fourth-order valence-electron chi connectivity index (χ4n) is 4.11. The molecule has 216 valence electrons. The van der Waals surface area contributed by atoms with Crippen molar-refractivity contribution in [2.75, 3.05) is 25.3 Å². The van der Waals surface area contributed by atoms with Crippen molar-refractivity contribution in [3.8, 4) is 0 Å². The maximum absolute atomic E-state index is 14.2. The number of nitrogens with zero attached hydrogens (tertiary/aromatic N) is 4. The predicted octanol–water partition coefficient (Wildman–Crippen LogP) is 3.14. The zero-order chi connectivity index (χ0) is 28.9. The number of amides is 1. The molecule has 0 bridgehead atoms. The van der Waals surface area contributed by atoms with Crippen molar-refractivity contribution in [2.45, 2.75) is 57.9 Å². The molecule has 1 aliphatic heterocycles. The average molecular weight is 594 g/mol. The Morgan fingerprint density at radius 3 is 2.62 bits per heavy atom. The highest BCUT2D eigenvalue weighted by Gasteiger charge is 2.40. The van der Waals surface area contributed by atoms with Crippen molar-refractivity contribution >= 4 is 47.9 Å². The van der Waals surface area contributed by atoms with E-state index in [0.717, 1.165) is 0 Å². The minimum Gasteiger partial charge on any atom is -0.461 e. The summed E-state index contributed by atoms with van der Waals surface area (Å²) in [5.41, 5.74) is 5.68. The Morgan fingerprint density at radius 2 is 1.93 bits per heavy atom. The van der Waals surface area contributed by atoms with Gasteiger partial charge < -0.3 is 24.5 Å². The molecule has 0 unspecified atom stereocenters.